The lowest BCUT2D eigenvalue weighted by Gasteiger charge is -2.12. The van der Waals surface area contributed by atoms with E-state index in [9.17, 15) is 9.90 Å². The van der Waals surface area contributed by atoms with E-state index in [1.165, 1.54) is 19.2 Å². The highest BCUT2D eigenvalue weighted by Crippen LogP contribution is 2.33. The molecular weight excluding hydrogens is 420 g/mol. The lowest BCUT2D eigenvalue weighted by Crippen LogP contribution is -2.06. The first-order chi connectivity index (χ1) is 16.0. The third-order valence-corrected chi connectivity index (χ3v) is 5.27. The maximum atomic E-state index is 12.0. The number of benzene rings is 3. The molecule has 166 valence electrons. The van der Waals surface area contributed by atoms with Gasteiger partial charge in [0.1, 0.15) is 17.1 Å². The van der Waals surface area contributed by atoms with Crippen molar-refractivity contribution in [2.45, 2.75) is 19.9 Å². The number of phenols is 1. The summed E-state index contributed by atoms with van der Waals surface area (Å²) in [6.45, 7) is 2.36. The van der Waals surface area contributed by atoms with Crippen molar-refractivity contribution in [2.75, 3.05) is 12.4 Å². The van der Waals surface area contributed by atoms with Gasteiger partial charge in [-0.3, -0.25) is 0 Å². The van der Waals surface area contributed by atoms with Crippen LogP contribution >= 0.6 is 0 Å². The Balaban J connectivity index is 1.51. The Hall–Kier alpha value is -4.44. The number of hydrogen-bond donors (Lipinski definition) is 2. The van der Waals surface area contributed by atoms with Crippen molar-refractivity contribution in [3.05, 3.63) is 87.8 Å². The predicted octanol–water partition coefficient (Wildman–Crippen LogP) is 5.35. The van der Waals surface area contributed by atoms with Gasteiger partial charge in [-0.05, 0) is 60.0 Å². The Bertz CT molecular complexity index is 1400. The molecule has 7 heteroatoms. The molecule has 4 rings (SSSR count). The Morgan fingerprint density at radius 2 is 1.82 bits per heavy atom. The van der Waals surface area contributed by atoms with Crippen LogP contribution in [0.5, 0.6) is 23.0 Å². The van der Waals surface area contributed by atoms with Crippen LogP contribution in [-0.2, 0) is 13.0 Å². The molecule has 1 heterocycles. The van der Waals surface area contributed by atoms with Crippen molar-refractivity contribution in [3.63, 3.8) is 0 Å². The van der Waals surface area contributed by atoms with Crippen molar-refractivity contribution in [1.29, 1.82) is 5.26 Å². The van der Waals surface area contributed by atoms with Gasteiger partial charge in [-0.25, -0.2) is 4.79 Å². The van der Waals surface area contributed by atoms with E-state index in [1.807, 2.05) is 37.3 Å². The summed E-state index contributed by atoms with van der Waals surface area (Å²) >= 11 is 0. The number of aryl methyl sites for hydroxylation is 1. The standard InChI is InChI=1S/C26H22N2O5/c1-3-17-11-21-18(12-26(30)33-24(21)13-22(17)29)15-28-19-5-7-20(8-6-19)32-23-9-4-16(14-27)10-25(23)31-2/h4-13,28-29H,3,15H2,1-2H3. The number of ether oxygens (including phenoxy) is 2. The Morgan fingerprint density at radius 3 is 2.52 bits per heavy atom. The second kappa shape index (κ2) is 9.37. The molecule has 0 fully saturated rings. The van der Waals surface area contributed by atoms with Crippen molar-refractivity contribution >= 4 is 16.7 Å². The van der Waals surface area contributed by atoms with Crippen LogP contribution in [0.4, 0.5) is 5.69 Å². The first-order valence-electron chi connectivity index (χ1n) is 10.4. The van der Waals surface area contributed by atoms with E-state index in [1.54, 1.807) is 18.2 Å². The molecule has 0 aliphatic rings. The van der Waals surface area contributed by atoms with Crippen molar-refractivity contribution < 1.29 is 19.0 Å². The number of hydrogen-bond acceptors (Lipinski definition) is 7. The number of aromatic hydroxyl groups is 1. The van der Waals surface area contributed by atoms with E-state index >= 15 is 0 Å². The van der Waals surface area contributed by atoms with E-state index in [0.29, 0.717) is 41.4 Å². The van der Waals surface area contributed by atoms with Gasteiger partial charge in [-0.1, -0.05) is 6.92 Å². The zero-order chi connectivity index (χ0) is 23.4. The summed E-state index contributed by atoms with van der Waals surface area (Å²) in [5.74, 6) is 1.71. The summed E-state index contributed by atoms with van der Waals surface area (Å²) in [5.41, 5.74) is 2.78. The summed E-state index contributed by atoms with van der Waals surface area (Å²) in [6.07, 6.45) is 0.666. The minimum Gasteiger partial charge on any atom is -0.508 e. The summed E-state index contributed by atoms with van der Waals surface area (Å²) in [6, 6.07) is 19.2. The number of fused-ring (bicyclic) bond motifs is 1. The van der Waals surface area contributed by atoms with Crippen molar-refractivity contribution in [2.24, 2.45) is 0 Å². The number of nitrogens with one attached hydrogen (secondary N) is 1. The molecule has 4 aromatic rings. The molecule has 1 aromatic heterocycles. The smallest absolute Gasteiger partial charge is 0.336 e. The molecular formula is C26H22N2O5. The van der Waals surface area contributed by atoms with E-state index in [0.717, 1.165) is 22.2 Å². The zero-order valence-electron chi connectivity index (χ0n) is 18.2. The number of rotatable bonds is 7. The highest BCUT2D eigenvalue weighted by atomic mass is 16.5. The molecule has 33 heavy (non-hydrogen) atoms. The maximum Gasteiger partial charge on any atom is 0.336 e. The molecule has 0 unspecified atom stereocenters. The van der Waals surface area contributed by atoms with Crippen LogP contribution in [0.2, 0.25) is 0 Å². The van der Waals surface area contributed by atoms with Crippen LogP contribution in [0.1, 0.15) is 23.6 Å². The number of phenolic OH excluding ortho intramolecular Hbond substituents is 1. The Labute approximate surface area is 190 Å². The normalized spacial score (nSPS) is 10.6. The van der Waals surface area contributed by atoms with Crippen LogP contribution in [0.3, 0.4) is 0 Å². The molecule has 7 nitrogen and oxygen atoms in total. The topological polar surface area (TPSA) is 105 Å². The Morgan fingerprint density at radius 1 is 1.03 bits per heavy atom. The molecule has 0 saturated heterocycles. The van der Waals surface area contributed by atoms with Gasteiger partial charge in [0.2, 0.25) is 0 Å². The van der Waals surface area contributed by atoms with Crippen LogP contribution in [0.25, 0.3) is 11.0 Å². The van der Waals surface area contributed by atoms with Crippen molar-refractivity contribution in [1.82, 2.24) is 0 Å². The van der Waals surface area contributed by atoms with Crippen molar-refractivity contribution in [3.8, 4) is 29.1 Å². The first kappa shape index (κ1) is 21.8. The van der Waals surface area contributed by atoms with E-state index < -0.39 is 5.63 Å². The van der Waals surface area contributed by atoms with E-state index in [-0.39, 0.29) is 5.75 Å². The molecule has 0 atom stereocenters. The minimum atomic E-state index is -0.469. The molecule has 0 saturated carbocycles. The molecule has 0 amide bonds. The molecule has 0 radical (unpaired) electrons. The fourth-order valence-electron chi connectivity index (χ4n) is 3.52. The highest BCUT2D eigenvalue weighted by molar-refractivity contribution is 5.83. The van der Waals surface area contributed by atoms with Gasteiger partial charge in [0.05, 0.1) is 18.7 Å². The first-order valence-corrected chi connectivity index (χ1v) is 10.4. The number of anilines is 1. The molecule has 0 aliphatic heterocycles. The summed E-state index contributed by atoms with van der Waals surface area (Å²) in [4.78, 5) is 12.0. The second-order valence-electron chi connectivity index (χ2n) is 7.38. The Kier molecular flexibility index (Phi) is 6.18. The molecule has 2 N–H and O–H groups in total. The van der Waals surface area contributed by atoms with Gasteiger partial charge >= 0.3 is 5.63 Å². The molecule has 0 aliphatic carbocycles. The van der Waals surface area contributed by atoms with Gasteiger partial charge in [0.25, 0.3) is 0 Å². The van der Waals surface area contributed by atoms with Gasteiger partial charge < -0.3 is 24.3 Å². The third kappa shape index (κ3) is 4.75. The second-order valence-corrected chi connectivity index (χ2v) is 7.38. The number of methoxy groups -OCH3 is 1. The average molecular weight is 442 g/mol. The average Bonchev–Trinajstić information content (AvgIpc) is 2.83. The largest absolute Gasteiger partial charge is 0.508 e. The lowest BCUT2D eigenvalue weighted by atomic mass is 10.0. The summed E-state index contributed by atoms with van der Waals surface area (Å²) < 4.78 is 16.4. The molecule has 0 bridgehead atoms. The molecule has 0 spiro atoms. The predicted molar refractivity (Wildman–Crippen MR) is 125 cm³/mol. The van der Waals surface area contributed by atoms with E-state index in [4.69, 9.17) is 19.2 Å². The number of nitrogens with zero attached hydrogens (tertiary/aromatic N) is 1. The maximum absolute atomic E-state index is 12.0. The fraction of sp³-hybridized carbons (Fsp3) is 0.154. The third-order valence-electron chi connectivity index (χ3n) is 5.27. The fourth-order valence-corrected chi connectivity index (χ4v) is 3.52. The van der Waals surface area contributed by atoms with Crippen LogP contribution in [0, 0.1) is 11.3 Å². The van der Waals surface area contributed by atoms with Gasteiger partial charge in [-0.15, -0.1) is 0 Å². The van der Waals surface area contributed by atoms with Gasteiger partial charge in [0.15, 0.2) is 11.5 Å². The molecule has 3 aromatic carbocycles. The number of nitriles is 1. The summed E-state index contributed by atoms with van der Waals surface area (Å²) in [7, 11) is 1.52. The minimum absolute atomic E-state index is 0.118. The van der Waals surface area contributed by atoms with Gasteiger partial charge in [-0.2, -0.15) is 5.26 Å². The van der Waals surface area contributed by atoms with Crippen LogP contribution < -0.4 is 20.4 Å². The van der Waals surface area contributed by atoms with E-state index in [2.05, 4.69) is 11.4 Å². The lowest BCUT2D eigenvalue weighted by molar-refractivity contribution is 0.379. The zero-order valence-corrected chi connectivity index (χ0v) is 18.2. The summed E-state index contributed by atoms with van der Waals surface area (Å²) in [5, 5.41) is 23.2. The van der Waals surface area contributed by atoms with Crippen LogP contribution in [-0.4, -0.2) is 12.2 Å². The quantitative estimate of drug-likeness (QED) is 0.372. The van der Waals surface area contributed by atoms with Crippen LogP contribution in [0.15, 0.2) is 69.9 Å². The van der Waals surface area contributed by atoms with Gasteiger partial charge in [0, 0.05) is 35.8 Å². The SMILES string of the molecule is CCc1cc2c(CNc3ccc(Oc4ccc(C#N)cc4OC)cc3)cc(=O)oc2cc1O. The highest BCUT2D eigenvalue weighted by Gasteiger charge is 2.11. The monoisotopic (exact) mass is 442 g/mol.